The highest BCUT2D eigenvalue weighted by molar-refractivity contribution is 9.10. The number of carboxylic acids is 1. The SMILES string of the molecule is NC(CC(=O)O)C(=O)NCCc1cc(Br)cs1. The fraction of sp³-hybridized carbons (Fsp3) is 0.400. The van der Waals surface area contributed by atoms with E-state index in [1.807, 2.05) is 11.4 Å². The van der Waals surface area contributed by atoms with Gasteiger partial charge in [-0.2, -0.15) is 0 Å². The first-order chi connectivity index (χ1) is 7.99. The van der Waals surface area contributed by atoms with E-state index in [1.54, 1.807) is 11.3 Å². The number of halogens is 1. The van der Waals surface area contributed by atoms with Crippen LogP contribution >= 0.6 is 27.3 Å². The first-order valence-electron chi connectivity index (χ1n) is 4.97. The Kier molecular flexibility index (Phi) is 5.60. The molecule has 5 nitrogen and oxygen atoms in total. The minimum absolute atomic E-state index is 0.351. The van der Waals surface area contributed by atoms with E-state index < -0.39 is 17.9 Å². The molecule has 0 bridgehead atoms. The topological polar surface area (TPSA) is 92.4 Å². The van der Waals surface area contributed by atoms with Gasteiger partial charge in [-0.1, -0.05) is 0 Å². The highest BCUT2D eigenvalue weighted by atomic mass is 79.9. The second-order valence-corrected chi connectivity index (χ2v) is 5.39. The molecule has 0 aromatic carbocycles. The van der Waals surface area contributed by atoms with Gasteiger partial charge >= 0.3 is 5.97 Å². The molecular formula is C10H13BrN2O3S. The van der Waals surface area contributed by atoms with E-state index in [2.05, 4.69) is 21.2 Å². The van der Waals surface area contributed by atoms with Gasteiger partial charge in [0.2, 0.25) is 5.91 Å². The van der Waals surface area contributed by atoms with E-state index in [9.17, 15) is 9.59 Å². The molecule has 1 heterocycles. The lowest BCUT2D eigenvalue weighted by molar-refractivity contribution is -0.139. The van der Waals surface area contributed by atoms with Crippen LogP contribution in [0, 0.1) is 0 Å². The van der Waals surface area contributed by atoms with Gasteiger partial charge in [-0.25, -0.2) is 0 Å². The zero-order chi connectivity index (χ0) is 12.8. The average Bonchev–Trinajstić information content (AvgIpc) is 2.63. The molecule has 0 aliphatic carbocycles. The van der Waals surface area contributed by atoms with Crippen molar-refractivity contribution in [3.05, 3.63) is 20.8 Å². The number of thiophene rings is 1. The predicted octanol–water partition coefficient (Wildman–Crippen LogP) is 0.971. The van der Waals surface area contributed by atoms with Crippen LogP contribution in [0.2, 0.25) is 0 Å². The molecule has 17 heavy (non-hydrogen) atoms. The summed E-state index contributed by atoms with van der Waals surface area (Å²) in [5.41, 5.74) is 5.40. The molecule has 0 saturated heterocycles. The summed E-state index contributed by atoms with van der Waals surface area (Å²) in [5, 5.41) is 13.1. The smallest absolute Gasteiger partial charge is 0.305 e. The summed E-state index contributed by atoms with van der Waals surface area (Å²) < 4.78 is 1.02. The summed E-state index contributed by atoms with van der Waals surface area (Å²) in [6.07, 6.45) is 0.359. The fourth-order valence-electron chi connectivity index (χ4n) is 1.21. The molecule has 0 aliphatic heterocycles. The minimum atomic E-state index is -1.07. The van der Waals surface area contributed by atoms with Crippen LogP contribution in [0.25, 0.3) is 0 Å². The van der Waals surface area contributed by atoms with Crippen LogP contribution in [0.3, 0.4) is 0 Å². The number of carbonyl (C=O) groups excluding carboxylic acids is 1. The molecule has 1 aromatic rings. The van der Waals surface area contributed by atoms with Crippen molar-refractivity contribution in [2.45, 2.75) is 18.9 Å². The molecule has 1 amide bonds. The molecule has 7 heteroatoms. The zero-order valence-corrected chi connectivity index (χ0v) is 11.4. The molecule has 0 aliphatic rings. The van der Waals surface area contributed by atoms with Crippen LogP contribution in [0.15, 0.2) is 15.9 Å². The molecular weight excluding hydrogens is 308 g/mol. The number of aliphatic carboxylic acids is 1. The third kappa shape index (κ3) is 5.29. The first-order valence-corrected chi connectivity index (χ1v) is 6.64. The highest BCUT2D eigenvalue weighted by Gasteiger charge is 2.16. The Morgan fingerprint density at radius 2 is 2.29 bits per heavy atom. The van der Waals surface area contributed by atoms with Crippen molar-refractivity contribution < 1.29 is 14.7 Å². The van der Waals surface area contributed by atoms with Crippen LogP contribution in [-0.2, 0) is 16.0 Å². The standard InChI is InChI=1S/C10H13BrN2O3S/c11-6-3-7(17-5-6)1-2-13-10(16)8(12)4-9(14)15/h3,5,8H,1-2,4,12H2,(H,13,16)(H,14,15). The quantitative estimate of drug-likeness (QED) is 0.728. The van der Waals surface area contributed by atoms with Gasteiger partial charge in [0.25, 0.3) is 0 Å². The Morgan fingerprint density at radius 3 is 2.82 bits per heavy atom. The van der Waals surface area contributed by atoms with Crippen molar-refractivity contribution in [1.29, 1.82) is 0 Å². The van der Waals surface area contributed by atoms with Crippen LogP contribution in [0.4, 0.5) is 0 Å². The Labute approximate surface area is 111 Å². The van der Waals surface area contributed by atoms with Crippen molar-refractivity contribution in [1.82, 2.24) is 5.32 Å². The average molecular weight is 321 g/mol. The summed E-state index contributed by atoms with van der Waals surface area (Å²) in [7, 11) is 0. The molecule has 0 saturated carbocycles. The Bertz CT molecular complexity index is 408. The molecule has 0 spiro atoms. The minimum Gasteiger partial charge on any atom is -0.481 e. The Morgan fingerprint density at radius 1 is 1.59 bits per heavy atom. The van der Waals surface area contributed by atoms with E-state index in [4.69, 9.17) is 10.8 Å². The first kappa shape index (κ1) is 14.1. The van der Waals surface area contributed by atoms with Crippen LogP contribution < -0.4 is 11.1 Å². The monoisotopic (exact) mass is 320 g/mol. The Balaban J connectivity index is 2.26. The van der Waals surface area contributed by atoms with Gasteiger partial charge in [0, 0.05) is 21.3 Å². The summed E-state index contributed by atoms with van der Waals surface area (Å²) in [6, 6.07) is 0.996. The van der Waals surface area contributed by atoms with E-state index in [0.717, 1.165) is 9.35 Å². The van der Waals surface area contributed by atoms with Gasteiger partial charge < -0.3 is 16.2 Å². The van der Waals surface area contributed by atoms with Gasteiger partial charge in [-0.15, -0.1) is 11.3 Å². The van der Waals surface area contributed by atoms with Gasteiger partial charge in [-0.3, -0.25) is 9.59 Å². The van der Waals surface area contributed by atoms with Gasteiger partial charge in [0.1, 0.15) is 0 Å². The summed E-state index contributed by atoms with van der Waals surface area (Å²) in [6.45, 7) is 0.457. The maximum absolute atomic E-state index is 11.4. The second kappa shape index (κ2) is 6.73. The fourth-order valence-corrected chi connectivity index (χ4v) is 2.66. The summed E-state index contributed by atoms with van der Waals surface area (Å²) in [4.78, 5) is 22.9. The lowest BCUT2D eigenvalue weighted by atomic mass is 10.2. The predicted molar refractivity (Wildman–Crippen MR) is 69.0 cm³/mol. The van der Waals surface area contributed by atoms with E-state index >= 15 is 0 Å². The second-order valence-electron chi connectivity index (χ2n) is 3.48. The lowest BCUT2D eigenvalue weighted by Crippen LogP contribution is -2.42. The zero-order valence-electron chi connectivity index (χ0n) is 8.98. The maximum Gasteiger partial charge on any atom is 0.305 e. The number of nitrogens with two attached hydrogens (primary N) is 1. The highest BCUT2D eigenvalue weighted by Crippen LogP contribution is 2.19. The summed E-state index contributed by atoms with van der Waals surface area (Å²) in [5.74, 6) is -1.50. The molecule has 1 atom stereocenters. The molecule has 1 rings (SSSR count). The number of carboxylic acid groups (broad SMARTS) is 1. The van der Waals surface area contributed by atoms with Gasteiger partial charge in [-0.05, 0) is 28.4 Å². The largest absolute Gasteiger partial charge is 0.481 e. The van der Waals surface area contributed by atoms with Crippen molar-refractivity contribution in [3.8, 4) is 0 Å². The molecule has 1 aromatic heterocycles. The lowest BCUT2D eigenvalue weighted by Gasteiger charge is -2.09. The number of hydrogen-bond acceptors (Lipinski definition) is 4. The maximum atomic E-state index is 11.4. The third-order valence-corrected chi connectivity index (χ3v) is 3.78. The van der Waals surface area contributed by atoms with Crippen molar-refractivity contribution in [2.24, 2.45) is 5.73 Å². The molecule has 94 valence electrons. The van der Waals surface area contributed by atoms with Crippen LogP contribution in [0.1, 0.15) is 11.3 Å². The number of carbonyl (C=O) groups is 2. The van der Waals surface area contributed by atoms with E-state index in [-0.39, 0.29) is 6.42 Å². The van der Waals surface area contributed by atoms with E-state index in [1.165, 1.54) is 0 Å². The number of rotatable bonds is 6. The molecule has 4 N–H and O–H groups in total. The summed E-state index contributed by atoms with van der Waals surface area (Å²) >= 11 is 4.94. The van der Waals surface area contributed by atoms with Crippen molar-refractivity contribution >= 4 is 39.1 Å². The number of hydrogen-bond donors (Lipinski definition) is 3. The molecule has 0 radical (unpaired) electrons. The van der Waals surface area contributed by atoms with Gasteiger partial charge in [0.15, 0.2) is 0 Å². The number of nitrogens with one attached hydrogen (secondary N) is 1. The number of amides is 1. The van der Waals surface area contributed by atoms with E-state index in [0.29, 0.717) is 13.0 Å². The third-order valence-electron chi connectivity index (χ3n) is 2.02. The molecule has 0 fully saturated rings. The van der Waals surface area contributed by atoms with Crippen molar-refractivity contribution in [2.75, 3.05) is 6.54 Å². The van der Waals surface area contributed by atoms with Crippen LogP contribution in [0.5, 0.6) is 0 Å². The normalized spacial score (nSPS) is 12.1. The Hall–Kier alpha value is -0.920. The molecule has 1 unspecified atom stereocenters. The van der Waals surface area contributed by atoms with Crippen LogP contribution in [-0.4, -0.2) is 29.6 Å². The van der Waals surface area contributed by atoms with Gasteiger partial charge in [0.05, 0.1) is 12.5 Å². The van der Waals surface area contributed by atoms with Crippen molar-refractivity contribution in [3.63, 3.8) is 0 Å².